The molecule has 2 atom stereocenters. The van der Waals surface area contributed by atoms with E-state index in [0.717, 1.165) is 80.3 Å². The van der Waals surface area contributed by atoms with Crippen molar-refractivity contribution in [3.8, 4) is 23.0 Å². The van der Waals surface area contributed by atoms with Gasteiger partial charge in [-0.3, -0.25) is 0 Å². The summed E-state index contributed by atoms with van der Waals surface area (Å²) in [6, 6.07) is 20.1. The van der Waals surface area contributed by atoms with Gasteiger partial charge in [-0.1, -0.05) is 48.2 Å². The maximum atomic E-state index is 13.5. The molecular weight excluding hydrogens is 574 g/mol. The summed E-state index contributed by atoms with van der Waals surface area (Å²) in [4.78, 5) is 5.49. The van der Waals surface area contributed by atoms with E-state index in [-0.39, 0.29) is 6.04 Å². The van der Waals surface area contributed by atoms with Crippen LogP contribution in [0.2, 0.25) is 0 Å². The molecule has 3 aromatic carbocycles. The molecule has 9 heteroatoms. The number of benzene rings is 3. The second-order valence-corrected chi connectivity index (χ2v) is 13.1. The van der Waals surface area contributed by atoms with Crippen molar-refractivity contribution in [3.05, 3.63) is 82.6 Å². The summed E-state index contributed by atoms with van der Waals surface area (Å²) < 4.78 is 22.8. The van der Waals surface area contributed by atoms with Crippen LogP contribution in [0.1, 0.15) is 49.4 Å². The van der Waals surface area contributed by atoms with Gasteiger partial charge in [0.15, 0.2) is 11.5 Å². The molecule has 44 heavy (non-hydrogen) atoms. The lowest BCUT2D eigenvalue weighted by Gasteiger charge is -2.53. The van der Waals surface area contributed by atoms with Crippen molar-refractivity contribution in [2.24, 2.45) is 0 Å². The van der Waals surface area contributed by atoms with Gasteiger partial charge in [-0.15, -0.1) is 0 Å². The number of nitrogens with zero attached hydrogens (tertiary/aromatic N) is 3. The Balaban J connectivity index is 1.06. The number of hydrogen-bond donors (Lipinski definition) is 0. The van der Waals surface area contributed by atoms with Gasteiger partial charge in [0.05, 0.1) is 32.8 Å². The van der Waals surface area contributed by atoms with Crippen molar-refractivity contribution in [2.45, 2.75) is 48.9 Å². The van der Waals surface area contributed by atoms with Crippen molar-refractivity contribution >= 4 is 11.8 Å². The highest BCUT2D eigenvalue weighted by Gasteiger charge is 2.39. The first kappa shape index (κ1) is 32.4. The Hall–Kier alpha value is -2.95. The van der Waals surface area contributed by atoms with Crippen molar-refractivity contribution in [1.82, 2.24) is 14.9 Å². The number of hydrogen-bond acceptors (Lipinski definition) is 9. The van der Waals surface area contributed by atoms with Crippen LogP contribution in [-0.2, 0) is 11.3 Å². The normalized spacial score (nSPS) is 21.1. The third-order valence-electron chi connectivity index (χ3n) is 8.87. The van der Waals surface area contributed by atoms with Gasteiger partial charge >= 0.3 is 0 Å². The fraction of sp³-hybridized carbons (Fsp3) is 0.486. The molecule has 0 saturated carbocycles. The van der Waals surface area contributed by atoms with Crippen LogP contribution < -0.4 is 18.9 Å². The van der Waals surface area contributed by atoms with E-state index < -0.39 is 4.87 Å². The van der Waals surface area contributed by atoms with Crippen molar-refractivity contribution in [1.29, 1.82) is 0 Å². The van der Waals surface area contributed by atoms with Crippen LogP contribution in [0.25, 0.3) is 0 Å². The predicted molar refractivity (Wildman–Crippen MR) is 177 cm³/mol. The van der Waals surface area contributed by atoms with E-state index in [1.165, 1.54) is 10.6 Å². The molecule has 2 unspecified atom stereocenters. The lowest BCUT2D eigenvalue weighted by atomic mass is 10.0. The molecule has 2 heterocycles. The van der Waals surface area contributed by atoms with E-state index in [4.69, 9.17) is 18.9 Å². The van der Waals surface area contributed by atoms with Crippen LogP contribution in [-0.4, -0.2) is 82.1 Å². The number of methoxy groups -OCH3 is 3. The van der Waals surface area contributed by atoms with E-state index >= 15 is 0 Å². The van der Waals surface area contributed by atoms with Crippen LogP contribution in [0.5, 0.6) is 23.0 Å². The van der Waals surface area contributed by atoms with Crippen molar-refractivity contribution < 1.29 is 18.9 Å². The molecule has 0 aliphatic carbocycles. The SMILES string of the molecule is COc1cc(CCN2CCN(CCCCOc3ccccc3C3(C)Sc4ccccc4C(C)N3[O-])CC2)cc(OC)c1OC. The first-order valence-electron chi connectivity index (χ1n) is 15.6. The second-order valence-electron chi connectivity index (χ2n) is 11.6. The maximum absolute atomic E-state index is 13.5. The summed E-state index contributed by atoms with van der Waals surface area (Å²) in [6.07, 6.45) is 2.99. The Morgan fingerprint density at radius 2 is 1.45 bits per heavy atom. The van der Waals surface area contributed by atoms with E-state index in [0.29, 0.717) is 23.9 Å². The average Bonchev–Trinajstić information content (AvgIpc) is 3.06. The number of thioether (sulfide) groups is 1. The third kappa shape index (κ3) is 7.13. The number of piperazine rings is 1. The number of unbranched alkanes of at least 4 members (excludes halogenated alkanes) is 1. The van der Waals surface area contributed by atoms with E-state index in [2.05, 4.69) is 21.9 Å². The van der Waals surface area contributed by atoms with Gasteiger partial charge in [-0.05, 0) is 75.0 Å². The van der Waals surface area contributed by atoms with Crippen LogP contribution in [0, 0.1) is 5.21 Å². The molecule has 0 bridgehead atoms. The number of hydroxylamine groups is 2. The molecule has 1 saturated heterocycles. The summed E-state index contributed by atoms with van der Waals surface area (Å²) >= 11 is 1.61. The smallest absolute Gasteiger partial charge is 0.203 e. The van der Waals surface area contributed by atoms with Gasteiger partial charge in [0.25, 0.3) is 0 Å². The molecule has 2 aliphatic heterocycles. The Morgan fingerprint density at radius 1 is 0.818 bits per heavy atom. The van der Waals surface area contributed by atoms with Crippen molar-refractivity contribution in [2.75, 3.05) is 67.2 Å². The van der Waals surface area contributed by atoms with Crippen LogP contribution in [0.3, 0.4) is 0 Å². The van der Waals surface area contributed by atoms with E-state index in [9.17, 15) is 5.21 Å². The van der Waals surface area contributed by atoms with Gasteiger partial charge in [-0.2, -0.15) is 0 Å². The molecule has 0 amide bonds. The predicted octanol–water partition coefficient (Wildman–Crippen LogP) is 6.57. The van der Waals surface area contributed by atoms with E-state index in [1.54, 1.807) is 33.1 Å². The lowest BCUT2D eigenvalue weighted by Crippen LogP contribution is -2.47. The summed E-state index contributed by atoms with van der Waals surface area (Å²) in [5, 5.41) is 14.8. The Morgan fingerprint density at radius 3 is 2.14 bits per heavy atom. The minimum absolute atomic E-state index is 0.222. The second kappa shape index (κ2) is 14.9. The minimum Gasteiger partial charge on any atom is -0.784 e. The Bertz CT molecular complexity index is 1360. The highest BCUT2D eigenvalue weighted by atomic mass is 32.2. The molecule has 2 aliphatic rings. The third-order valence-corrected chi connectivity index (χ3v) is 10.3. The fourth-order valence-corrected chi connectivity index (χ4v) is 7.70. The quantitative estimate of drug-likeness (QED) is 0.197. The highest BCUT2D eigenvalue weighted by Crippen LogP contribution is 2.54. The molecule has 238 valence electrons. The standard InChI is InChI=1S/C35H46N3O5S/c1-26-28-12-6-9-15-33(28)44-35(2,38(26)39)29-13-7-8-14-30(29)43-23-11-10-17-36-19-21-37(22-20-36)18-16-27-24-31(40-3)34(42-5)32(25-27)41-4/h6-9,12-15,24-26H,10-11,16-23H2,1-5H3/q-1. The van der Waals surface area contributed by atoms with Crippen molar-refractivity contribution in [3.63, 3.8) is 0 Å². The number of para-hydroxylation sites is 1. The molecule has 0 N–H and O–H groups in total. The highest BCUT2D eigenvalue weighted by molar-refractivity contribution is 8.00. The van der Waals surface area contributed by atoms with E-state index in [1.807, 2.05) is 62.4 Å². The molecule has 5 rings (SSSR count). The van der Waals surface area contributed by atoms with Crippen LogP contribution >= 0.6 is 11.8 Å². The number of fused-ring (bicyclic) bond motifs is 1. The largest absolute Gasteiger partial charge is 0.784 e. The maximum Gasteiger partial charge on any atom is 0.203 e. The molecule has 0 radical (unpaired) electrons. The summed E-state index contributed by atoms with van der Waals surface area (Å²) in [5.41, 5.74) is 3.20. The fourth-order valence-electron chi connectivity index (χ4n) is 6.25. The van der Waals surface area contributed by atoms with Gasteiger partial charge < -0.3 is 39.0 Å². The molecule has 0 aromatic heterocycles. The average molecular weight is 621 g/mol. The lowest BCUT2D eigenvalue weighted by molar-refractivity contribution is 0.130. The van der Waals surface area contributed by atoms with Gasteiger partial charge in [0.2, 0.25) is 5.75 Å². The topological polar surface area (TPSA) is 69.7 Å². The molecular formula is C35H46N3O5S-. The molecule has 3 aromatic rings. The van der Waals surface area contributed by atoms with Gasteiger partial charge in [0, 0.05) is 49.2 Å². The van der Waals surface area contributed by atoms with Gasteiger partial charge in [0.1, 0.15) is 5.75 Å². The summed E-state index contributed by atoms with van der Waals surface area (Å²) in [6.45, 7) is 11.0. The van der Waals surface area contributed by atoms with Gasteiger partial charge in [-0.25, -0.2) is 0 Å². The monoisotopic (exact) mass is 620 g/mol. The Labute approximate surface area is 266 Å². The minimum atomic E-state index is -0.754. The zero-order valence-corrected chi connectivity index (χ0v) is 27.5. The number of ether oxygens (including phenoxy) is 4. The summed E-state index contributed by atoms with van der Waals surface area (Å²) in [5.74, 6) is 2.84. The zero-order valence-electron chi connectivity index (χ0n) is 26.7. The zero-order chi connectivity index (χ0) is 31.1. The summed E-state index contributed by atoms with van der Waals surface area (Å²) in [7, 11) is 4.94. The first-order valence-corrected chi connectivity index (χ1v) is 16.4. The first-order chi connectivity index (χ1) is 21.4. The molecule has 8 nitrogen and oxygen atoms in total. The molecule has 1 fully saturated rings. The Kier molecular flexibility index (Phi) is 11.0. The van der Waals surface area contributed by atoms with Crippen LogP contribution in [0.4, 0.5) is 0 Å². The molecule has 0 spiro atoms. The van der Waals surface area contributed by atoms with Crippen LogP contribution in [0.15, 0.2) is 65.6 Å². The number of rotatable bonds is 13.